The quantitative estimate of drug-likeness (QED) is 0.215. The van der Waals surface area contributed by atoms with E-state index in [2.05, 4.69) is 4.98 Å². The molecule has 2 aromatic carbocycles. The number of carbonyl (C=O) groups excluding carboxylic acids is 2. The molecule has 1 fully saturated rings. The Morgan fingerprint density at radius 3 is 2.59 bits per heavy atom. The molecule has 0 radical (unpaired) electrons. The van der Waals surface area contributed by atoms with Crippen molar-refractivity contribution in [3.8, 4) is 5.75 Å². The normalized spacial score (nSPS) is 17.4. The van der Waals surface area contributed by atoms with Gasteiger partial charge in [-0.15, -0.1) is 0 Å². The summed E-state index contributed by atoms with van der Waals surface area (Å²) in [6.45, 7) is 0. The lowest BCUT2D eigenvalue weighted by Crippen LogP contribution is -2.29. The number of aromatic nitrogens is 1. The first-order chi connectivity index (χ1) is 15.4. The fourth-order valence-corrected chi connectivity index (χ4v) is 3.63. The van der Waals surface area contributed by atoms with Gasteiger partial charge in [-0.25, -0.2) is 0 Å². The summed E-state index contributed by atoms with van der Waals surface area (Å²) >= 11 is 0. The number of rotatable bonds is 5. The van der Waals surface area contributed by atoms with Gasteiger partial charge in [0.15, 0.2) is 0 Å². The Morgan fingerprint density at radius 1 is 1.12 bits per heavy atom. The summed E-state index contributed by atoms with van der Waals surface area (Å²) < 4.78 is 5.24. The third-order valence-electron chi connectivity index (χ3n) is 5.11. The number of hydrogen-bond donors (Lipinski definition) is 1. The van der Waals surface area contributed by atoms with Gasteiger partial charge in [-0.3, -0.25) is 29.6 Å². The van der Waals surface area contributed by atoms with Crippen LogP contribution in [0.2, 0.25) is 0 Å². The Labute approximate surface area is 182 Å². The average Bonchev–Trinajstić information content (AvgIpc) is 3.09. The number of amides is 1. The second-order valence-electron chi connectivity index (χ2n) is 6.96. The summed E-state index contributed by atoms with van der Waals surface area (Å²) in [4.78, 5) is 42.0. The van der Waals surface area contributed by atoms with E-state index in [0.29, 0.717) is 17.0 Å². The molecule has 32 heavy (non-hydrogen) atoms. The predicted octanol–water partition coefficient (Wildman–Crippen LogP) is 3.62. The zero-order valence-electron chi connectivity index (χ0n) is 16.8. The van der Waals surface area contributed by atoms with Crippen LogP contribution in [0.4, 0.5) is 11.4 Å². The van der Waals surface area contributed by atoms with Crippen LogP contribution in [0.25, 0.3) is 5.76 Å². The van der Waals surface area contributed by atoms with Crippen molar-refractivity contribution in [2.45, 2.75) is 6.04 Å². The van der Waals surface area contributed by atoms with Gasteiger partial charge in [0.2, 0.25) is 0 Å². The van der Waals surface area contributed by atoms with Crippen LogP contribution in [0.3, 0.4) is 0 Å². The number of carbonyl (C=O) groups is 2. The fraction of sp³-hybridized carbons (Fsp3) is 0.0870. The van der Waals surface area contributed by atoms with Gasteiger partial charge in [0.1, 0.15) is 11.5 Å². The third kappa shape index (κ3) is 3.56. The maximum absolute atomic E-state index is 13.1. The van der Waals surface area contributed by atoms with E-state index < -0.39 is 28.4 Å². The second-order valence-corrected chi connectivity index (χ2v) is 6.96. The zero-order valence-corrected chi connectivity index (χ0v) is 16.8. The summed E-state index contributed by atoms with van der Waals surface area (Å²) in [5, 5.41) is 22.2. The first-order valence-electron chi connectivity index (χ1n) is 9.52. The van der Waals surface area contributed by atoms with Gasteiger partial charge in [0, 0.05) is 41.8 Å². The van der Waals surface area contributed by atoms with E-state index in [4.69, 9.17) is 4.74 Å². The maximum atomic E-state index is 13.1. The SMILES string of the molecule is COc1cccc(N2C(=O)C(=O)/C(=C(\O)c3cccc([N+](=O)[O-])c3)C2c2cccnc2)c1. The number of aliphatic hydroxyl groups excluding tert-OH is 1. The Kier molecular flexibility index (Phi) is 5.38. The van der Waals surface area contributed by atoms with Crippen molar-refractivity contribution >= 4 is 28.8 Å². The van der Waals surface area contributed by atoms with Crippen molar-refractivity contribution in [2.24, 2.45) is 0 Å². The van der Waals surface area contributed by atoms with Crippen molar-refractivity contribution in [2.75, 3.05) is 12.0 Å². The van der Waals surface area contributed by atoms with Crippen LogP contribution >= 0.6 is 0 Å². The highest BCUT2D eigenvalue weighted by Crippen LogP contribution is 2.42. The maximum Gasteiger partial charge on any atom is 0.300 e. The van der Waals surface area contributed by atoms with Crippen LogP contribution in [0.1, 0.15) is 17.2 Å². The standard InChI is InChI=1S/C23H17N3O6/c1-32-18-9-3-7-16(12-18)25-20(15-6-4-10-24-13-15)19(22(28)23(25)29)21(27)14-5-2-8-17(11-14)26(30)31/h2-13,20,27H,1H3/b21-19-. The molecule has 1 atom stereocenters. The molecule has 9 heteroatoms. The summed E-state index contributed by atoms with van der Waals surface area (Å²) in [6.07, 6.45) is 3.03. The number of non-ortho nitro benzene ring substituents is 1. The Morgan fingerprint density at radius 2 is 1.91 bits per heavy atom. The van der Waals surface area contributed by atoms with E-state index in [1.54, 1.807) is 42.6 Å². The number of nitro benzene ring substituents is 1. The van der Waals surface area contributed by atoms with E-state index >= 15 is 0 Å². The van der Waals surface area contributed by atoms with Gasteiger partial charge in [0.05, 0.1) is 23.6 Å². The number of ketones is 1. The highest BCUT2D eigenvalue weighted by atomic mass is 16.6. The fourth-order valence-electron chi connectivity index (χ4n) is 3.63. The van der Waals surface area contributed by atoms with Gasteiger partial charge >= 0.3 is 0 Å². The molecule has 1 aliphatic rings. The van der Waals surface area contributed by atoms with Crippen LogP contribution < -0.4 is 9.64 Å². The van der Waals surface area contributed by atoms with E-state index in [0.717, 1.165) is 6.07 Å². The first-order valence-corrected chi connectivity index (χ1v) is 9.52. The van der Waals surface area contributed by atoms with Crippen LogP contribution in [0.15, 0.2) is 78.6 Å². The predicted molar refractivity (Wildman–Crippen MR) is 115 cm³/mol. The van der Waals surface area contributed by atoms with Crippen molar-refractivity contribution in [3.05, 3.63) is 99.9 Å². The molecule has 3 aromatic rings. The lowest BCUT2D eigenvalue weighted by molar-refractivity contribution is -0.384. The molecule has 1 N–H and O–H groups in total. The van der Waals surface area contributed by atoms with Crippen molar-refractivity contribution < 1.29 is 24.4 Å². The number of Topliss-reactive ketones (excluding diaryl/α,β-unsaturated/α-hetero) is 1. The molecule has 1 unspecified atom stereocenters. The van der Waals surface area contributed by atoms with Crippen LogP contribution in [-0.2, 0) is 9.59 Å². The molecular formula is C23H17N3O6. The molecule has 160 valence electrons. The van der Waals surface area contributed by atoms with Gasteiger partial charge in [0.25, 0.3) is 17.4 Å². The largest absolute Gasteiger partial charge is 0.507 e. The van der Waals surface area contributed by atoms with Gasteiger partial charge in [-0.2, -0.15) is 0 Å². The smallest absolute Gasteiger partial charge is 0.300 e. The molecule has 2 heterocycles. The van der Waals surface area contributed by atoms with Gasteiger partial charge in [-0.05, 0) is 23.8 Å². The number of benzene rings is 2. The molecule has 0 aliphatic carbocycles. The third-order valence-corrected chi connectivity index (χ3v) is 5.11. The number of aliphatic hydroxyl groups is 1. The topological polar surface area (TPSA) is 123 Å². The highest BCUT2D eigenvalue weighted by molar-refractivity contribution is 6.51. The summed E-state index contributed by atoms with van der Waals surface area (Å²) in [6, 6.07) is 14.2. The van der Waals surface area contributed by atoms with E-state index in [-0.39, 0.29) is 16.8 Å². The Bertz CT molecular complexity index is 1260. The van der Waals surface area contributed by atoms with Crippen LogP contribution in [-0.4, -0.2) is 33.8 Å². The molecular weight excluding hydrogens is 414 g/mol. The minimum atomic E-state index is -0.991. The average molecular weight is 431 g/mol. The number of anilines is 1. The van der Waals surface area contributed by atoms with Crippen LogP contribution in [0, 0.1) is 10.1 Å². The van der Waals surface area contributed by atoms with Crippen molar-refractivity contribution in [3.63, 3.8) is 0 Å². The van der Waals surface area contributed by atoms with E-state index in [1.165, 1.54) is 36.4 Å². The van der Waals surface area contributed by atoms with Crippen molar-refractivity contribution in [1.29, 1.82) is 0 Å². The minimum absolute atomic E-state index is 0.0525. The minimum Gasteiger partial charge on any atom is -0.507 e. The number of ether oxygens (including phenoxy) is 1. The summed E-state index contributed by atoms with van der Waals surface area (Å²) in [5.41, 5.74) is 0.483. The number of hydrogen-bond acceptors (Lipinski definition) is 7. The lowest BCUT2D eigenvalue weighted by atomic mass is 9.96. The van der Waals surface area contributed by atoms with Gasteiger partial charge in [-0.1, -0.05) is 24.3 Å². The molecule has 0 bridgehead atoms. The van der Waals surface area contributed by atoms with E-state index in [9.17, 15) is 24.8 Å². The Hall–Kier alpha value is -4.53. The number of nitrogens with zero attached hydrogens (tertiary/aromatic N) is 3. The van der Waals surface area contributed by atoms with Crippen molar-refractivity contribution in [1.82, 2.24) is 4.98 Å². The summed E-state index contributed by atoms with van der Waals surface area (Å²) in [5.74, 6) is -1.79. The molecule has 9 nitrogen and oxygen atoms in total. The molecule has 4 rings (SSSR count). The second kappa shape index (κ2) is 8.31. The molecule has 1 aromatic heterocycles. The molecule has 0 saturated carbocycles. The molecule has 0 spiro atoms. The summed E-state index contributed by atoms with van der Waals surface area (Å²) in [7, 11) is 1.48. The molecule has 1 aliphatic heterocycles. The lowest BCUT2D eigenvalue weighted by Gasteiger charge is -2.25. The number of pyridine rings is 1. The number of nitro groups is 1. The van der Waals surface area contributed by atoms with Gasteiger partial charge < -0.3 is 9.84 Å². The molecule has 1 amide bonds. The Balaban J connectivity index is 1.94. The highest BCUT2D eigenvalue weighted by Gasteiger charge is 2.47. The number of methoxy groups -OCH3 is 1. The van der Waals surface area contributed by atoms with Crippen LogP contribution in [0.5, 0.6) is 5.75 Å². The zero-order chi connectivity index (χ0) is 22.8. The van der Waals surface area contributed by atoms with E-state index in [1.807, 2.05) is 0 Å². The molecule has 1 saturated heterocycles. The monoisotopic (exact) mass is 431 g/mol. The first kappa shape index (κ1) is 20.7.